The van der Waals surface area contributed by atoms with Gasteiger partial charge >= 0.3 is 0 Å². The van der Waals surface area contributed by atoms with Crippen molar-refractivity contribution >= 4 is 11.3 Å². The first kappa shape index (κ1) is 13.9. The van der Waals surface area contributed by atoms with E-state index in [0.29, 0.717) is 12.6 Å². The van der Waals surface area contributed by atoms with E-state index in [-0.39, 0.29) is 0 Å². The topological polar surface area (TPSA) is 45.4 Å². The molecule has 2 N–H and O–H groups in total. The van der Waals surface area contributed by atoms with E-state index in [9.17, 15) is 0 Å². The number of hydrogen-bond donors (Lipinski definition) is 1. The average Bonchev–Trinajstić information content (AvgIpc) is 2.80. The molecule has 1 atom stereocenters. The first-order chi connectivity index (χ1) is 8.72. The second-order valence-electron chi connectivity index (χ2n) is 5.05. The van der Waals surface area contributed by atoms with Crippen molar-refractivity contribution in [2.45, 2.75) is 32.4 Å². The van der Waals surface area contributed by atoms with Gasteiger partial charge in [0, 0.05) is 44.0 Å². The summed E-state index contributed by atoms with van der Waals surface area (Å²) < 4.78 is 0. The lowest BCUT2D eigenvalue weighted by molar-refractivity contribution is 0.0876. The van der Waals surface area contributed by atoms with Crippen LogP contribution in [0.3, 0.4) is 0 Å². The SMILES string of the molecule is CCC1CN(Cc2csc(CCN)n2)CCN1C. The predicted molar refractivity (Wildman–Crippen MR) is 76.9 cm³/mol. The lowest BCUT2D eigenvalue weighted by Crippen LogP contribution is -2.50. The molecule has 1 unspecified atom stereocenters. The molecule has 2 rings (SSSR count). The van der Waals surface area contributed by atoms with Crippen molar-refractivity contribution in [3.8, 4) is 0 Å². The van der Waals surface area contributed by atoms with Crippen molar-refractivity contribution in [2.75, 3.05) is 33.2 Å². The highest BCUT2D eigenvalue weighted by atomic mass is 32.1. The van der Waals surface area contributed by atoms with Gasteiger partial charge in [0.2, 0.25) is 0 Å². The normalized spacial score (nSPS) is 22.5. The van der Waals surface area contributed by atoms with E-state index in [1.807, 2.05) is 0 Å². The van der Waals surface area contributed by atoms with Gasteiger partial charge in [0.1, 0.15) is 0 Å². The summed E-state index contributed by atoms with van der Waals surface area (Å²) >= 11 is 1.74. The highest BCUT2D eigenvalue weighted by Crippen LogP contribution is 2.16. The zero-order valence-corrected chi connectivity index (χ0v) is 12.2. The van der Waals surface area contributed by atoms with Crippen LogP contribution in [0.1, 0.15) is 24.0 Å². The number of aromatic nitrogens is 1. The fourth-order valence-electron chi connectivity index (χ4n) is 2.48. The van der Waals surface area contributed by atoms with Crippen molar-refractivity contribution in [2.24, 2.45) is 5.73 Å². The smallest absolute Gasteiger partial charge is 0.0941 e. The largest absolute Gasteiger partial charge is 0.330 e. The standard InChI is InChI=1S/C13H24N4S/c1-3-12-9-17(7-6-16(12)2)8-11-10-18-13(15-11)4-5-14/h10,12H,3-9,14H2,1-2H3. The molecule has 0 bridgehead atoms. The van der Waals surface area contributed by atoms with Crippen molar-refractivity contribution in [3.63, 3.8) is 0 Å². The Morgan fingerprint density at radius 3 is 3.06 bits per heavy atom. The summed E-state index contributed by atoms with van der Waals surface area (Å²) in [4.78, 5) is 9.64. The molecule has 1 saturated heterocycles. The molecule has 1 aliphatic heterocycles. The lowest BCUT2D eigenvalue weighted by Gasteiger charge is -2.38. The van der Waals surface area contributed by atoms with Gasteiger partial charge in [0.15, 0.2) is 0 Å². The zero-order valence-electron chi connectivity index (χ0n) is 11.4. The molecule has 18 heavy (non-hydrogen) atoms. The molecule has 0 aromatic carbocycles. The van der Waals surface area contributed by atoms with Gasteiger partial charge in [-0.05, 0) is 20.0 Å². The number of nitrogens with two attached hydrogens (primary N) is 1. The molecule has 0 amide bonds. The molecule has 5 heteroatoms. The van der Waals surface area contributed by atoms with Crippen LogP contribution in [-0.4, -0.2) is 54.1 Å². The van der Waals surface area contributed by atoms with E-state index in [1.54, 1.807) is 11.3 Å². The molecule has 1 aliphatic rings. The second-order valence-corrected chi connectivity index (χ2v) is 5.99. The molecule has 0 radical (unpaired) electrons. The van der Waals surface area contributed by atoms with E-state index in [2.05, 4.69) is 34.1 Å². The lowest BCUT2D eigenvalue weighted by atomic mass is 10.1. The van der Waals surface area contributed by atoms with Crippen LogP contribution in [0.25, 0.3) is 0 Å². The van der Waals surface area contributed by atoms with E-state index in [0.717, 1.165) is 32.6 Å². The maximum atomic E-state index is 5.56. The Labute approximate surface area is 114 Å². The first-order valence-corrected chi connectivity index (χ1v) is 7.66. The highest BCUT2D eigenvalue weighted by molar-refractivity contribution is 7.09. The molecule has 1 aromatic rings. The van der Waals surface area contributed by atoms with Gasteiger partial charge in [-0.2, -0.15) is 0 Å². The molecule has 4 nitrogen and oxygen atoms in total. The van der Waals surface area contributed by atoms with Crippen molar-refractivity contribution in [3.05, 3.63) is 16.1 Å². The average molecular weight is 268 g/mol. The minimum Gasteiger partial charge on any atom is -0.330 e. The minimum absolute atomic E-state index is 0.694. The van der Waals surface area contributed by atoms with Gasteiger partial charge < -0.3 is 10.6 Å². The van der Waals surface area contributed by atoms with Gasteiger partial charge in [0.25, 0.3) is 0 Å². The van der Waals surface area contributed by atoms with Crippen molar-refractivity contribution < 1.29 is 0 Å². The van der Waals surface area contributed by atoms with Crippen molar-refractivity contribution in [1.82, 2.24) is 14.8 Å². The van der Waals surface area contributed by atoms with Gasteiger partial charge in [-0.25, -0.2) is 4.98 Å². The Balaban J connectivity index is 1.88. The number of piperazine rings is 1. The first-order valence-electron chi connectivity index (χ1n) is 6.78. The quantitative estimate of drug-likeness (QED) is 0.871. The molecule has 1 fully saturated rings. The summed E-state index contributed by atoms with van der Waals surface area (Å²) in [7, 11) is 2.23. The Bertz CT molecular complexity index is 366. The minimum atomic E-state index is 0.694. The molecule has 2 heterocycles. The molecule has 0 aliphatic carbocycles. The highest BCUT2D eigenvalue weighted by Gasteiger charge is 2.23. The Morgan fingerprint density at radius 2 is 2.33 bits per heavy atom. The van der Waals surface area contributed by atoms with E-state index in [1.165, 1.54) is 17.1 Å². The summed E-state index contributed by atoms with van der Waals surface area (Å²) in [6.45, 7) is 7.43. The third kappa shape index (κ3) is 3.51. The van der Waals surface area contributed by atoms with Gasteiger partial charge in [-0.15, -0.1) is 11.3 Å². The fourth-order valence-corrected chi connectivity index (χ4v) is 3.29. The third-order valence-corrected chi connectivity index (χ3v) is 4.63. The van der Waals surface area contributed by atoms with Crippen molar-refractivity contribution in [1.29, 1.82) is 0 Å². The molecule has 0 saturated carbocycles. The van der Waals surface area contributed by atoms with Crippen LogP contribution < -0.4 is 5.73 Å². The molecule has 1 aromatic heterocycles. The number of rotatable bonds is 5. The summed E-state index contributed by atoms with van der Waals surface area (Å²) in [6, 6.07) is 0.695. The third-order valence-electron chi connectivity index (χ3n) is 3.68. The van der Waals surface area contributed by atoms with E-state index in [4.69, 9.17) is 5.73 Å². The van der Waals surface area contributed by atoms with Crippen LogP contribution >= 0.6 is 11.3 Å². The van der Waals surface area contributed by atoms with E-state index >= 15 is 0 Å². The van der Waals surface area contributed by atoms with Gasteiger partial charge in [0.05, 0.1) is 10.7 Å². The number of hydrogen-bond acceptors (Lipinski definition) is 5. The maximum Gasteiger partial charge on any atom is 0.0941 e. The van der Waals surface area contributed by atoms with Crippen LogP contribution in [-0.2, 0) is 13.0 Å². The number of thiazole rings is 1. The summed E-state index contributed by atoms with van der Waals surface area (Å²) in [5, 5.41) is 3.36. The predicted octanol–water partition coefficient (Wildman–Crippen LogP) is 1.17. The molecule has 102 valence electrons. The van der Waals surface area contributed by atoms with Crippen LogP contribution in [0, 0.1) is 0 Å². The van der Waals surface area contributed by atoms with Crippen LogP contribution in [0.15, 0.2) is 5.38 Å². The van der Waals surface area contributed by atoms with E-state index < -0.39 is 0 Å². The fraction of sp³-hybridized carbons (Fsp3) is 0.769. The Hall–Kier alpha value is -0.490. The zero-order chi connectivity index (χ0) is 13.0. The Kier molecular flexibility index (Phi) is 5.12. The number of nitrogens with zero attached hydrogens (tertiary/aromatic N) is 3. The Morgan fingerprint density at radius 1 is 1.50 bits per heavy atom. The summed E-state index contributed by atoms with van der Waals surface area (Å²) in [5.41, 5.74) is 6.77. The van der Waals surface area contributed by atoms with Crippen LogP contribution in [0.2, 0.25) is 0 Å². The molecular formula is C13H24N4S. The summed E-state index contributed by atoms with van der Waals surface area (Å²) in [5.74, 6) is 0. The monoisotopic (exact) mass is 268 g/mol. The van der Waals surface area contributed by atoms with Gasteiger partial charge in [-0.3, -0.25) is 4.90 Å². The summed E-state index contributed by atoms with van der Waals surface area (Å²) in [6.07, 6.45) is 2.13. The van der Waals surface area contributed by atoms with Crippen LogP contribution in [0.5, 0.6) is 0 Å². The van der Waals surface area contributed by atoms with Gasteiger partial charge in [-0.1, -0.05) is 6.92 Å². The maximum absolute atomic E-state index is 5.56. The number of likely N-dealkylation sites (N-methyl/N-ethyl adjacent to an activating group) is 1. The molecular weight excluding hydrogens is 244 g/mol. The second kappa shape index (κ2) is 6.61. The van der Waals surface area contributed by atoms with Crippen LogP contribution in [0.4, 0.5) is 0 Å². The molecule has 0 spiro atoms.